The van der Waals surface area contributed by atoms with E-state index in [0.29, 0.717) is 18.0 Å². The number of nitrogens with zero attached hydrogens (tertiary/aromatic N) is 3. The van der Waals surface area contributed by atoms with Crippen LogP contribution in [0.4, 0.5) is 0 Å². The van der Waals surface area contributed by atoms with Crippen LogP contribution in [0.5, 0.6) is 11.5 Å². The molecule has 1 unspecified atom stereocenters. The second-order valence-electron chi connectivity index (χ2n) is 7.39. The quantitative estimate of drug-likeness (QED) is 0.613. The summed E-state index contributed by atoms with van der Waals surface area (Å²) >= 11 is 3.65. The van der Waals surface area contributed by atoms with Gasteiger partial charge in [-0.25, -0.2) is 4.98 Å². The van der Waals surface area contributed by atoms with Gasteiger partial charge < -0.3 is 14.6 Å². The largest absolute Gasteiger partial charge is 0.493 e. The summed E-state index contributed by atoms with van der Waals surface area (Å²) in [7, 11) is 3.73. The standard InChI is InChI=1S/C21H31N3O3S2/c1-16-22-18(15-29-16)12-23(2)11-17-4-5-20(21(10-17)26-3)27-14-19(25)13-24-6-8-28-9-7-24/h4-5,10,15,19,25H,6-9,11-14H2,1-3H3. The van der Waals surface area contributed by atoms with Crippen LogP contribution in [0, 0.1) is 6.92 Å². The summed E-state index contributed by atoms with van der Waals surface area (Å²) < 4.78 is 11.4. The fourth-order valence-corrected chi connectivity index (χ4v) is 4.96. The van der Waals surface area contributed by atoms with Crippen molar-refractivity contribution in [2.24, 2.45) is 0 Å². The van der Waals surface area contributed by atoms with Gasteiger partial charge in [0.2, 0.25) is 0 Å². The van der Waals surface area contributed by atoms with Gasteiger partial charge in [0, 0.05) is 49.6 Å². The first-order valence-electron chi connectivity index (χ1n) is 9.91. The van der Waals surface area contributed by atoms with Crippen LogP contribution in [0.25, 0.3) is 0 Å². The van der Waals surface area contributed by atoms with Gasteiger partial charge in [-0.3, -0.25) is 9.80 Å². The first-order chi connectivity index (χ1) is 14.0. The molecule has 6 nitrogen and oxygen atoms in total. The smallest absolute Gasteiger partial charge is 0.161 e. The van der Waals surface area contributed by atoms with Crippen LogP contribution in [0.2, 0.25) is 0 Å². The number of hydrogen-bond acceptors (Lipinski definition) is 8. The Bertz CT molecular complexity index is 765. The van der Waals surface area contributed by atoms with Crippen molar-refractivity contribution < 1.29 is 14.6 Å². The molecule has 0 aliphatic carbocycles. The molecule has 0 saturated carbocycles. The Morgan fingerprint density at radius 3 is 2.72 bits per heavy atom. The number of aliphatic hydroxyl groups is 1. The number of ether oxygens (including phenoxy) is 2. The van der Waals surface area contributed by atoms with Crippen LogP contribution < -0.4 is 9.47 Å². The molecule has 1 aliphatic rings. The van der Waals surface area contributed by atoms with Gasteiger partial charge in [0.1, 0.15) is 12.7 Å². The molecular formula is C21H31N3O3S2. The van der Waals surface area contributed by atoms with Crippen LogP contribution in [0.15, 0.2) is 23.6 Å². The minimum absolute atomic E-state index is 0.266. The molecule has 0 bridgehead atoms. The number of hydrogen-bond donors (Lipinski definition) is 1. The van der Waals surface area contributed by atoms with Gasteiger partial charge in [-0.05, 0) is 31.7 Å². The molecule has 29 heavy (non-hydrogen) atoms. The number of aryl methyl sites for hydroxylation is 1. The summed E-state index contributed by atoms with van der Waals surface area (Å²) in [5.41, 5.74) is 2.25. The molecule has 1 atom stereocenters. The highest BCUT2D eigenvalue weighted by atomic mass is 32.2. The van der Waals surface area contributed by atoms with Crippen LogP contribution in [0.1, 0.15) is 16.3 Å². The van der Waals surface area contributed by atoms with Crippen molar-refractivity contribution in [3.8, 4) is 11.5 Å². The zero-order valence-electron chi connectivity index (χ0n) is 17.5. The lowest BCUT2D eigenvalue weighted by Gasteiger charge is -2.28. The molecule has 2 aromatic rings. The van der Waals surface area contributed by atoms with Gasteiger partial charge in [0.25, 0.3) is 0 Å². The number of thioether (sulfide) groups is 1. The number of rotatable bonds is 10. The summed E-state index contributed by atoms with van der Waals surface area (Å²) in [5.74, 6) is 3.64. The molecule has 1 aromatic heterocycles. The molecule has 0 amide bonds. The summed E-state index contributed by atoms with van der Waals surface area (Å²) in [4.78, 5) is 9.05. The van der Waals surface area contributed by atoms with Crippen molar-refractivity contribution in [2.45, 2.75) is 26.1 Å². The van der Waals surface area contributed by atoms with Crippen molar-refractivity contribution in [1.29, 1.82) is 0 Å². The zero-order valence-corrected chi connectivity index (χ0v) is 19.1. The Morgan fingerprint density at radius 2 is 2.03 bits per heavy atom. The highest BCUT2D eigenvalue weighted by Crippen LogP contribution is 2.29. The summed E-state index contributed by atoms with van der Waals surface area (Å²) in [6, 6.07) is 5.99. The second-order valence-corrected chi connectivity index (χ2v) is 9.68. The van der Waals surface area contributed by atoms with Crippen molar-refractivity contribution in [3.05, 3.63) is 39.8 Å². The van der Waals surface area contributed by atoms with Gasteiger partial charge in [-0.1, -0.05) is 6.07 Å². The van der Waals surface area contributed by atoms with E-state index in [4.69, 9.17) is 9.47 Å². The van der Waals surface area contributed by atoms with E-state index >= 15 is 0 Å². The monoisotopic (exact) mass is 437 g/mol. The van der Waals surface area contributed by atoms with E-state index in [-0.39, 0.29) is 6.61 Å². The van der Waals surface area contributed by atoms with E-state index in [1.54, 1.807) is 18.4 Å². The van der Waals surface area contributed by atoms with E-state index in [2.05, 4.69) is 33.3 Å². The molecule has 2 heterocycles. The van der Waals surface area contributed by atoms with Crippen molar-refractivity contribution >= 4 is 23.1 Å². The predicted molar refractivity (Wildman–Crippen MR) is 120 cm³/mol. The third-order valence-corrected chi connectivity index (χ3v) is 6.55. The summed E-state index contributed by atoms with van der Waals surface area (Å²) in [5, 5.41) is 13.5. The summed E-state index contributed by atoms with van der Waals surface area (Å²) in [6.07, 6.45) is -0.504. The zero-order chi connectivity index (χ0) is 20.6. The number of aliphatic hydroxyl groups excluding tert-OH is 1. The van der Waals surface area contributed by atoms with E-state index in [9.17, 15) is 5.11 Å². The van der Waals surface area contributed by atoms with Gasteiger partial charge in [-0.2, -0.15) is 11.8 Å². The van der Waals surface area contributed by atoms with Crippen molar-refractivity contribution in [1.82, 2.24) is 14.8 Å². The average Bonchev–Trinajstić information content (AvgIpc) is 3.12. The normalized spacial score (nSPS) is 16.2. The van der Waals surface area contributed by atoms with E-state index in [0.717, 1.165) is 53.9 Å². The molecule has 3 rings (SSSR count). The lowest BCUT2D eigenvalue weighted by Crippen LogP contribution is -2.40. The number of thiazole rings is 1. The maximum atomic E-state index is 10.3. The Labute approximate surface area is 181 Å². The topological polar surface area (TPSA) is 58.1 Å². The lowest BCUT2D eigenvalue weighted by atomic mass is 10.2. The number of methoxy groups -OCH3 is 1. The van der Waals surface area contributed by atoms with Crippen LogP contribution in [-0.2, 0) is 13.1 Å². The van der Waals surface area contributed by atoms with Crippen LogP contribution in [0.3, 0.4) is 0 Å². The Kier molecular flexibility index (Phi) is 8.62. The molecule has 1 fully saturated rings. The molecular weight excluding hydrogens is 406 g/mol. The van der Waals surface area contributed by atoms with Gasteiger partial charge in [-0.15, -0.1) is 11.3 Å². The Hall–Kier alpha value is -1.32. The lowest BCUT2D eigenvalue weighted by molar-refractivity contribution is 0.0704. The fraction of sp³-hybridized carbons (Fsp3) is 0.571. The van der Waals surface area contributed by atoms with Crippen molar-refractivity contribution in [2.75, 3.05) is 51.9 Å². The van der Waals surface area contributed by atoms with Crippen LogP contribution >= 0.6 is 23.1 Å². The highest BCUT2D eigenvalue weighted by Gasteiger charge is 2.16. The van der Waals surface area contributed by atoms with E-state index < -0.39 is 6.10 Å². The molecule has 0 spiro atoms. The molecule has 1 aromatic carbocycles. The van der Waals surface area contributed by atoms with E-state index in [1.807, 2.05) is 30.8 Å². The Balaban J connectivity index is 1.51. The number of β-amino-alcohol motifs (C(OH)–C–C–N with tert-alkyl or cyclic N) is 1. The molecule has 8 heteroatoms. The molecule has 0 radical (unpaired) electrons. The predicted octanol–water partition coefficient (Wildman–Crippen LogP) is 2.88. The van der Waals surface area contributed by atoms with Gasteiger partial charge in [0.05, 0.1) is 17.8 Å². The molecule has 1 N–H and O–H groups in total. The van der Waals surface area contributed by atoms with Crippen LogP contribution in [-0.4, -0.2) is 77.9 Å². The molecule has 160 valence electrons. The van der Waals surface area contributed by atoms with Gasteiger partial charge >= 0.3 is 0 Å². The second kappa shape index (κ2) is 11.2. The fourth-order valence-electron chi connectivity index (χ4n) is 3.38. The van der Waals surface area contributed by atoms with E-state index in [1.165, 1.54) is 0 Å². The maximum absolute atomic E-state index is 10.3. The SMILES string of the molecule is COc1cc(CN(C)Cc2csc(C)n2)ccc1OCC(O)CN1CCSCC1. The Morgan fingerprint density at radius 1 is 1.24 bits per heavy atom. The number of benzene rings is 1. The average molecular weight is 438 g/mol. The third-order valence-electron chi connectivity index (χ3n) is 4.78. The van der Waals surface area contributed by atoms with Gasteiger partial charge in [0.15, 0.2) is 11.5 Å². The highest BCUT2D eigenvalue weighted by molar-refractivity contribution is 7.99. The summed E-state index contributed by atoms with van der Waals surface area (Å²) in [6.45, 7) is 6.63. The minimum Gasteiger partial charge on any atom is -0.493 e. The van der Waals surface area contributed by atoms with Crippen molar-refractivity contribution in [3.63, 3.8) is 0 Å². The number of aromatic nitrogens is 1. The first kappa shape index (κ1) is 22.4. The molecule has 1 aliphatic heterocycles. The minimum atomic E-state index is -0.504. The third kappa shape index (κ3) is 7.15. The molecule has 1 saturated heterocycles. The first-order valence-corrected chi connectivity index (χ1v) is 11.9. The maximum Gasteiger partial charge on any atom is 0.161 e.